The van der Waals surface area contributed by atoms with Gasteiger partial charge in [-0.1, -0.05) is 17.7 Å². The standard InChI is InChI=1S/C13H12N4S/c1-8-3-5-10(6-4-8)17-12-11-13(18-7-14-11)16-9(2)15-12/h3-7H,1-2H3,(H,15,16,17). The Bertz CT molecular complexity index is 688. The van der Waals surface area contributed by atoms with Gasteiger partial charge in [-0.3, -0.25) is 0 Å². The van der Waals surface area contributed by atoms with Crippen LogP contribution in [0.3, 0.4) is 0 Å². The lowest BCUT2D eigenvalue weighted by Crippen LogP contribution is -1.98. The van der Waals surface area contributed by atoms with Crippen molar-refractivity contribution in [3.63, 3.8) is 0 Å². The summed E-state index contributed by atoms with van der Waals surface area (Å²) in [6, 6.07) is 8.19. The Morgan fingerprint density at radius 2 is 1.83 bits per heavy atom. The molecule has 0 bridgehead atoms. The van der Waals surface area contributed by atoms with E-state index in [4.69, 9.17) is 0 Å². The van der Waals surface area contributed by atoms with Gasteiger partial charge in [0.1, 0.15) is 16.2 Å². The molecule has 18 heavy (non-hydrogen) atoms. The molecule has 0 fully saturated rings. The zero-order valence-corrected chi connectivity index (χ0v) is 11.0. The van der Waals surface area contributed by atoms with Gasteiger partial charge < -0.3 is 5.32 Å². The monoisotopic (exact) mass is 256 g/mol. The summed E-state index contributed by atoms with van der Waals surface area (Å²) in [5, 5.41) is 3.29. The number of rotatable bonds is 2. The van der Waals surface area contributed by atoms with Crippen molar-refractivity contribution in [2.45, 2.75) is 13.8 Å². The molecule has 3 rings (SSSR count). The molecule has 0 aliphatic carbocycles. The molecule has 1 aromatic carbocycles. The van der Waals surface area contributed by atoms with E-state index >= 15 is 0 Å². The highest BCUT2D eigenvalue weighted by molar-refractivity contribution is 7.16. The van der Waals surface area contributed by atoms with Gasteiger partial charge in [-0.05, 0) is 26.0 Å². The maximum absolute atomic E-state index is 4.41. The van der Waals surface area contributed by atoms with Crippen LogP contribution in [0, 0.1) is 13.8 Å². The van der Waals surface area contributed by atoms with E-state index in [1.165, 1.54) is 16.9 Å². The summed E-state index contributed by atoms with van der Waals surface area (Å²) in [6.07, 6.45) is 0. The molecule has 5 heteroatoms. The summed E-state index contributed by atoms with van der Waals surface area (Å²) in [5.41, 5.74) is 4.86. The molecule has 90 valence electrons. The van der Waals surface area contributed by atoms with Crippen molar-refractivity contribution in [1.29, 1.82) is 0 Å². The number of nitrogens with zero attached hydrogens (tertiary/aromatic N) is 3. The second kappa shape index (κ2) is 4.34. The first-order chi connectivity index (χ1) is 8.72. The Hall–Kier alpha value is -2.01. The Kier molecular flexibility index (Phi) is 2.68. The van der Waals surface area contributed by atoms with Crippen LogP contribution in [0.4, 0.5) is 11.5 Å². The molecule has 0 amide bonds. The Morgan fingerprint density at radius 3 is 2.61 bits per heavy atom. The fourth-order valence-corrected chi connectivity index (χ4v) is 2.43. The first-order valence-electron chi connectivity index (χ1n) is 5.64. The number of aromatic nitrogens is 3. The van der Waals surface area contributed by atoms with Crippen molar-refractivity contribution >= 4 is 33.2 Å². The van der Waals surface area contributed by atoms with E-state index in [9.17, 15) is 0 Å². The van der Waals surface area contributed by atoms with Gasteiger partial charge >= 0.3 is 0 Å². The van der Waals surface area contributed by atoms with Crippen LogP contribution >= 0.6 is 11.3 Å². The number of thiazole rings is 1. The van der Waals surface area contributed by atoms with Crippen molar-refractivity contribution in [2.75, 3.05) is 5.32 Å². The van der Waals surface area contributed by atoms with Gasteiger partial charge in [-0.25, -0.2) is 15.0 Å². The van der Waals surface area contributed by atoms with Crippen LogP contribution in [0.5, 0.6) is 0 Å². The molecular weight excluding hydrogens is 244 g/mol. The van der Waals surface area contributed by atoms with Crippen molar-refractivity contribution in [3.8, 4) is 0 Å². The normalized spacial score (nSPS) is 10.8. The van der Waals surface area contributed by atoms with Crippen LogP contribution in [0.1, 0.15) is 11.4 Å². The number of nitrogens with one attached hydrogen (secondary N) is 1. The number of anilines is 2. The van der Waals surface area contributed by atoms with E-state index in [1.807, 2.05) is 19.1 Å². The van der Waals surface area contributed by atoms with Crippen molar-refractivity contribution in [1.82, 2.24) is 15.0 Å². The van der Waals surface area contributed by atoms with Gasteiger partial charge in [0.05, 0.1) is 5.51 Å². The van der Waals surface area contributed by atoms with E-state index in [0.29, 0.717) is 0 Å². The number of hydrogen-bond donors (Lipinski definition) is 1. The molecule has 0 spiro atoms. The van der Waals surface area contributed by atoms with Crippen LogP contribution < -0.4 is 5.32 Å². The summed E-state index contributed by atoms with van der Waals surface area (Å²) in [5.74, 6) is 1.52. The van der Waals surface area contributed by atoms with Gasteiger partial charge in [0.15, 0.2) is 5.82 Å². The highest BCUT2D eigenvalue weighted by Gasteiger charge is 2.08. The fraction of sp³-hybridized carbons (Fsp3) is 0.154. The van der Waals surface area contributed by atoms with E-state index in [0.717, 1.165) is 27.7 Å². The number of fused-ring (bicyclic) bond motifs is 1. The second-order valence-electron chi connectivity index (χ2n) is 4.12. The van der Waals surface area contributed by atoms with Gasteiger partial charge in [0, 0.05) is 5.69 Å². The lowest BCUT2D eigenvalue weighted by atomic mass is 10.2. The number of benzene rings is 1. The number of aryl methyl sites for hydroxylation is 2. The predicted molar refractivity (Wildman–Crippen MR) is 74.4 cm³/mol. The molecule has 0 radical (unpaired) electrons. The SMILES string of the molecule is Cc1ccc(Nc2nc(C)nc3scnc23)cc1. The molecule has 0 aliphatic rings. The van der Waals surface area contributed by atoms with Gasteiger partial charge in [0.25, 0.3) is 0 Å². The van der Waals surface area contributed by atoms with Gasteiger partial charge in [-0.2, -0.15) is 0 Å². The third-order valence-electron chi connectivity index (χ3n) is 2.62. The van der Waals surface area contributed by atoms with Crippen molar-refractivity contribution in [2.24, 2.45) is 0 Å². The molecule has 2 aromatic heterocycles. The fourth-order valence-electron chi connectivity index (χ4n) is 1.73. The minimum Gasteiger partial charge on any atom is -0.338 e. The largest absolute Gasteiger partial charge is 0.338 e. The second-order valence-corrected chi connectivity index (χ2v) is 4.95. The van der Waals surface area contributed by atoms with Crippen LogP contribution in [0.15, 0.2) is 29.8 Å². The summed E-state index contributed by atoms with van der Waals surface area (Å²) in [4.78, 5) is 14.0. The first kappa shape index (κ1) is 11.1. The van der Waals surface area contributed by atoms with E-state index in [1.54, 1.807) is 5.51 Å². The third kappa shape index (κ3) is 2.04. The maximum Gasteiger partial charge on any atom is 0.161 e. The zero-order chi connectivity index (χ0) is 12.5. The molecule has 0 saturated carbocycles. The lowest BCUT2D eigenvalue weighted by Gasteiger charge is -2.07. The van der Waals surface area contributed by atoms with Crippen molar-refractivity contribution in [3.05, 3.63) is 41.2 Å². The van der Waals surface area contributed by atoms with Crippen molar-refractivity contribution < 1.29 is 0 Å². The lowest BCUT2D eigenvalue weighted by molar-refractivity contribution is 1.09. The zero-order valence-electron chi connectivity index (χ0n) is 10.1. The molecule has 2 heterocycles. The number of hydrogen-bond acceptors (Lipinski definition) is 5. The molecule has 4 nitrogen and oxygen atoms in total. The Morgan fingerprint density at radius 1 is 1.06 bits per heavy atom. The van der Waals surface area contributed by atoms with E-state index in [2.05, 4.69) is 39.3 Å². The molecule has 0 aliphatic heterocycles. The minimum atomic E-state index is 0.751. The summed E-state index contributed by atoms with van der Waals surface area (Å²) >= 11 is 1.53. The van der Waals surface area contributed by atoms with Gasteiger partial charge in [-0.15, -0.1) is 11.3 Å². The Labute approximate surface area is 109 Å². The topological polar surface area (TPSA) is 50.7 Å². The highest BCUT2D eigenvalue weighted by atomic mass is 32.1. The molecule has 0 atom stereocenters. The Balaban J connectivity index is 2.03. The maximum atomic E-state index is 4.41. The quantitative estimate of drug-likeness (QED) is 0.763. The van der Waals surface area contributed by atoms with E-state index < -0.39 is 0 Å². The average Bonchev–Trinajstić information content (AvgIpc) is 2.80. The molecule has 0 unspecified atom stereocenters. The van der Waals surface area contributed by atoms with E-state index in [-0.39, 0.29) is 0 Å². The summed E-state index contributed by atoms with van der Waals surface area (Å²) < 4.78 is 0. The average molecular weight is 256 g/mol. The summed E-state index contributed by atoms with van der Waals surface area (Å²) in [6.45, 7) is 3.96. The third-order valence-corrected chi connectivity index (χ3v) is 3.34. The molecule has 3 aromatic rings. The molecule has 0 saturated heterocycles. The predicted octanol–water partition coefficient (Wildman–Crippen LogP) is 3.45. The van der Waals surface area contributed by atoms with Crippen LogP contribution in [0.2, 0.25) is 0 Å². The smallest absolute Gasteiger partial charge is 0.161 e. The van der Waals surface area contributed by atoms with Crippen LogP contribution in [0.25, 0.3) is 10.3 Å². The van der Waals surface area contributed by atoms with Crippen LogP contribution in [-0.2, 0) is 0 Å². The summed E-state index contributed by atoms with van der Waals surface area (Å²) in [7, 11) is 0. The molecule has 1 N–H and O–H groups in total. The molecular formula is C13H12N4S. The highest BCUT2D eigenvalue weighted by Crippen LogP contribution is 2.25. The minimum absolute atomic E-state index is 0.751. The first-order valence-corrected chi connectivity index (χ1v) is 6.52. The van der Waals surface area contributed by atoms with Crippen LogP contribution in [-0.4, -0.2) is 15.0 Å². The van der Waals surface area contributed by atoms with Gasteiger partial charge in [0.2, 0.25) is 0 Å².